The highest BCUT2D eigenvalue weighted by molar-refractivity contribution is 6.60. The fourth-order valence-electron chi connectivity index (χ4n) is 1.72. The molecule has 0 spiro atoms. The van der Waals surface area contributed by atoms with E-state index in [4.69, 9.17) is 22.8 Å². The lowest BCUT2D eigenvalue weighted by atomic mass is 10.2. The molecule has 1 rings (SSSR count). The molecule has 0 radical (unpaired) electrons. The fourth-order valence-corrected chi connectivity index (χ4v) is 3.62. The molecule has 1 aliphatic heterocycles. The predicted octanol–water partition coefficient (Wildman–Crippen LogP) is 2.19. The van der Waals surface area contributed by atoms with E-state index >= 15 is 0 Å². The van der Waals surface area contributed by atoms with E-state index in [0.717, 1.165) is 19.1 Å². The van der Waals surface area contributed by atoms with Crippen LogP contribution in [-0.2, 0) is 22.8 Å². The van der Waals surface area contributed by atoms with Gasteiger partial charge in [0.2, 0.25) is 0 Å². The van der Waals surface area contributed by atoms with Gasteiger partial charge in [0.25, 0.3) is 0 Å². The van der Waals surface area contributed by atoms with Crippen LogP contribution >= 0.6 is 0 Å². The Balaban J connectivity index is 2.16. The summed E-state index contributed by atoms with van der Waals surface area (Å²) in [6.07, 6.45) is 5.00. The molecule has 0 bridgehead atoms. The van der Waals surface area contributed by atoms with Crippen molar-refractivity contribution in [3.63, 3.8) is 0 Å². The summed E-state index contributed by atoms with van der Waals surface area (Å²) in [4.78, 5) is 0. The molecule has 1 atom stereocenters. The molecule has 6 heteroatoms. The highest BCUT2D eigenvalue weighted by Gasteiger charge is 2.38. The van der Waals surface area contributed by atoms with E-state index < -0.39 is 8.80 Å². The Morgan fingerprint density at radius 1 is 1.17 bits per heavy atom. The van der Waals surface area contributed by atoms with Crippen LogP contribution in [0.15, 0.2) is 0 Å². The summed E-state index contributed by atoms with van der Waals surface area (Å²) in [5.41, 5.74) is 0. The summed E-state index contributed by atoms with van der Waals surface area (Å²) >= 11 is 0. The number of rotatable bonds is 12. The second kappa shape index (κ2) is 9.01. The normalized spacial score (nSPS) is 19.2. The Hall–Kier alpha value is 0.0169. The smallest absolute Gasteiger partial charge is 0.377 e. The molecule has 0 aromatic rings. The maximum Gasteiger partial charge on any atom is 0.502 e. The maximum atomic E-state index is 5.70. The molecule has 108 valence electrons. The van der Waals surface area contributed by atoms with E-state index in [1.807, 2.05) is 0 Å². The minimum atomic E-state index is -2.51. The van der Waals surface area contributed by atoms with Crippen LogP contribution in [0.3, 0.4) is 0 Å². The summed E-state index contributed by atoms with van der Waals surface area (Å²) in [6, 6.07) is 0.850. The molecule has 18 heavy (non-hydrogen) atoms. The zero-order valence-electron chi connectivity index (χ0n) is 11.8. The van der Waals surface area contributed by atoms with E-state index in [2.05, 4.69) is 6.92 Å². The highest BCUT2D eigenvalue weighted by Crippen LogP contribution is 2.19. The monoisotopic (exact) mass is 278 g/mol. The van der Waals surface area contributed by atoms with Crippen molar-refractivity contribution in [1.82, 2.24) is 0 Å². The molecule has 1 fully saturated rings. The van der Waals surface area contributed by atoms with Crippen molar-refractivity contribution in [2.75, 3.05) is 34.2 Å². The molecular formula is C12H26O5Si. The first kappa shape index (κ1) is 16.1. The van der Waals surface area contributed by atoms with Gasteiger partial charge in [-0.15, -0.1) is 0 Å². The maximum absolute atomic E-state index is 5.70. The van der Waals surface area contributed by atoms with Crippen LogP contribution < -0.4 is 0 Å². The van der Waals surface area contributed by atoms with Crippen molar-refractivity contribution >= 4 is 8.80 Å². The average Bonchev–Trinajstić information content (AvgIpc) is 3.22. The minimum absolute atomic E-state index is 0.224. The zero-order valence-corrected chi connectivity index (χ0v) is 12.8. The van der Waals surface area contributed by atoms with Crippen LogP contribution in [0, 0.1) is 0 Å². The lowest BCUT2D eigenvalue weighted by molar-refractivity contribution is -0.0370. The van der Waals surface area contributed by atoms with Gasteiger partial charge in [-0.3, -0.25) is 0 Å². The molecule has 0 amide bonds. The molecule has 1 aliphatic rings. The summed E-state index contributed by atoms with van der Waals surface area (Å²) in [5, 5.41) is 0. The van der Waals surface area contributed by atoms with Gasteiger partial charge in [-0.2, -0.15) is 0 Å². The molecule has 1 saturated heterocycles. The summed E-state index contributed by atoms with van der Waals surface area (Å²) in [7, 11) is 0.794. The van der Waals surface area contributed by atoms with Crippen LogP contribution in [0.5, 0.6) is 0 Å². The van der Waals surface area contributed by atoms with Gasteiger partial charge in [-0.25, -0.2) is 0 Å². The van der Waals surface area contributed by atoms with Crippen LogP contribution in [0.2, 0.25) is 6.04 Å². The number of ether oxygens (including phenoxy) is 2. The molecule has 0 aliphatic carbocycles. The lowest BCUT2D eigenvalue weighted by Crippen LogP contribution is -2.44. The number of hydrogen-bond acceptors (Lipinski definition) is 5. The van der Waals surface area contributed by atoms with Gasteiger partial charge in [0.15, 0.2) is 0 Å². The second-order valence-corrected chi connectivity index (χ2v) is 7.46. The Bertz CT molecular complexity index is 207. The molecule has 0 N–H and O–H groups in total. The standard InChI is InChI=1S/C12H26O5Si/c1-4-5-6-7-8-18(13-2,14-3)17-11-15-9-12-10-16-12/h12H,4-11H2,1-3H3. The van der Waals surface area contributed by atoms with E-state index in [0.29, 0.717) is 6.61 Å². The van der Waals surface area contributed by atoms with Gasteiger partial charge < -0.3 is 22.8 Å². The first-order valence-corrected chi connectivity index (χ1v) is 8.63. The first-order valence-electron chi connectivity index (χ1n) is 6.70. The van der Waals surface area contributed by atoms with Gasteiger partial charge in [0, 0.05) is 20.3 Å². The van der Waals surface area contributed by atoms with Crippen molar-refractivity contribution in [2.24, 2.45) is 0 Å². The molecule has 1 heterocycles. The van der Waals surface area contributed by atoms with Crippen molar-refractivity contribution in [3.05, 3.63) is 0 Å². The van der Waals surface area contributed by atoms with Crippen molar-refractivity contribution < 1.29 is 22.8 Å². The number of unbranched alkanes of at least 4 members (excludes halogenated alkanes) is 3. The molecule has 5 nitrogen and oxygen atoms in total. The highest BCUT2D eigenvalue weighted by atomic mass is 28.4. The summed E-state index contributed by atoms with van der Waals surface area (Å²) in [5.74, 6) is 0. The third-order valence-electron chi connectivity index (χ3n) is 3.03. The van der Waals surface area contributed by atoms with E-state index in [1.165, 1.54) is 19.3 Å². The van der Waals surface area contributed by atoms with Crippen LogP contribution in [0.4, 0.5) is 0 Å². The van der Waals surface area contributed by atoms with Gasteiger partial charge >= 0.3 is 8.80 Å². The fraction of sp³-hybridized carbons (Fsp3) is 1.00. The zero-order chi connectivity index (χ0) is 13.3. The van der Waals surface area contributed by atoms with Crippen LogP contribution in [0.25, 0.3) is 0 Å². The van der Waals surface area contributed by atoms with Gasteiger partial charge in [0.1, 0.15) is 12.9 Å². The van der Waals surface area contributed by atoms with E-state index in [9.17, 15) is 0 Å². The Morgan fingerprint density at radius 2 is 1.89 bits per heavy atom. The van der Waals surface area contributed by atoms with E-state index in [-0.39, 0.29) is 12.9 Å². The first-order chi connectivity index (χ1) is 8.76. The Morgan fingerprint density at radius 3 is 2.44 bits per heavy atom. The lowest BCUT2D eigenvalue weighted by Gasteiger charge is -2.26. The van der Waals surface area contributed by atoms with Gasteiger partial charge in [-0.05, 0) is 6.42 Å². The third kappa shape index (κ3) is 6.26. The Kier molecular flexibility index (Phi) is 8.04. The third-order valence-corrected chi connectivity index (χ3v) is 5.79. The average molecular weight is 278 g/mol. The summed E-state index contributed by atoms with van der Waals surface area (Å²) in [6.45, 7) is 3.81. The Labute approximate surface area is 111 Å². The second-order valence-electron chi connectivity index (χ2n) is 4.49. The van der Waals surface area contributed by atoms with E-state index in [1.54, 1.807) is 14.2 Å². The quantitative estimate of drug-likeness (QED) is 0.237. The van der Waals surface area contributed by atoms with Gasteiger partial charge in [0.05, 0.1) is 13.2 Å². The van der Waals surface area contributed by atoms with Crippen molar-refractivity contribution in [1.29, 1.82) is 0 Å². The number of epoxide rings is 1. The number of hydrogen-bond donors (Lipinski definition) is 0. The SMILES string of the molecule is CCCCCC[Si](OC)(OC)OCOCC1CO1. The van der Waals surface area contributed by atoms with Crippen LogP contribution in [0.1, 0.15) is 32.6 Å². The van der Waals surface area contributed by atoms with Crippen molar-refractivity contribution in [3.8, 4) is 0 Å². The topological polar surface area (TPSA) is 49.5 Å². The molecule has 0 aromatic heterocycles. The van der Waals surface area contributed by atoms with Crippen molar-refractivity contribution in [2.45, 2.75) is 44.8 Å². The molecule has 0 aromatic carbocycles. The molecular weight excluding hydrogens is 252 g/mol. The predicted molar refractivity (Wildman–Crippen MR) is 70.4 cm³/mol. The van der Waals surface area contributed by atoms with Crippen LogP contribution in [-0.4, -0.2) is 49.1 Å². The molecule has 0 saturated carbocycles. The molecule has 1 unspecified atom stereocenters. The minimum Gasteiger partial charge on any atom is -0.377 e. The largest absolute Gasteiger partial charge is 0.502 e. The van der Waals surface area contributed by atoms with Gasteiger partial charge in [-0.1, -0.05) is 26.2 Å². The summed E-state index contributed by atoms with van der Waals surface area (Å²) < 4.78 is 27.1.